The molecule has 1 saturated carbocycles. The minimum Gasteiger partial charge on any atom is -0.491 e. The molecule has 2 aromatic rings. The third kappa shape index (κ3) is 7.06. The van der Waals surface area contributed by atoms with Crippen molar-refractivity contribution in [2.45, 2.75) is 70.3 Å². The number of anilines is 1. The number of primary sulfonamides is 1. The number of carbonyl (C=O) groups is 1. The number of sulfonamides is 1. The number of nitrogens with zero attached hydrogens (tertiary/aromatic N) is 1. The summed E-state index contributed by atoms with van der Waals surface area (Å²) in [5.41, 5.74) is 4.64. The van der Waals surface area contributed by atoms with Crippen LogP contribution in [0.3, 0.4) is 0 Å². The van der Waals surface area contributed by atoms with Crippen molar-refractivity contribution in [3.63, 3.8) is 0 Å². The maximum absolute atomic E-state index is 12.0. The van der Waals surface area contributed by atoms with Crippen LogP contribution in [0.15, 0.2) is 48.0 Å². The molecular weight excluding hydrogens is 588 g/mol. The van der Waals surface area contributed by atoms with Crippen LogP contribution in [0.5, 0.6) is 5.75 Å². The van der Waals surface area contributed by atoms with E-state index in [0.29, 0.717) is 35.8 Å². The van der Waals surface area contributed by atoms with Gasteiger partial charge in [-0.15, -0.1) is 0 Å². The smallest absolute Gasteiger partial charge is 0.335 e. The highest BCUT2D eigenvalue weighted by atomic mass is 35.5. The summed E-state index contributed by atoms with van der Waals surface area (Å²) >= 11 is 6.39. The molecule has 1 fully saturated rings. The summed E-state index contributed by atoms with van der Waals surface area (Å²) in [6.45, 7) is 5.52. The minimum atomic E-state index is -3.59. The second kappa shape index (κ2) is 13.2. The monoisotopic (exact) mass is 630 g/mol. The van der Waals surface area contributed by atoms with Crippen LogP contribution in [0.1, 0.15) is 67.4 Å². The molecule has 3 N–H and O–H groups in total. The number of allylic oxidation sites excluding steroid dienone is 1. The molecule has 2 aromatic carbocycles. The van der Waals surface area contributed by atoms with Crippen LogP contribution in [-0.4, -0.2) is 51.1 Å². The van der Waals surface area contributed by atoms with Crippen LogP contribution < -0.4 is 14.8 Å². The number of hydrogen-bond donors (Lipinski definition) is 2. The van der Waals surface area contributed by atoms with Gasteiger partial charge in [-0.3, -0.25) is 0 Å². The van der Waals surface area contributed by atoms with Crippen molar-refractivity contribution in [1.29, 1.82) is 0 Å². The van der Waals surface area contributed by atoms with E-state index < -0.39 is 21.2 Å². The van der Waals surface area contributed by atoms with Gasteiger partial charge >= 0.3 is 5.97 Å². The Bertz CT molecular complexity index is 1480. The zero-order valence-corrected chi connectivity index (χ0v) is 26.7. The van der Waals surface area contributed by atoms with Gasteiger partial charge in [0.1, 0.15) is 5.75 Å². The van der Waals surface area contributed by atoms with E-state index in [4.69, 9.17) is 26.2 Å². The third-order valence-electron chi connectivity index (χ3n) is 9.95. The fourth-order valence-corrected chi connectivity index (χ4v) is 7.86. The molecule has 2 aliphatic carbocycles. The van der Waals surface area contributed by atoms with E-state index >= 15 is 0 Å². The number of benzene rings is 2. The third-order valence-corrected chi connectivity index (χ3v) is 11.6. The van der Waals surface area contributed by atoms with Gasteiger partial charge in [0.2, 0.25) is 10.0 Å². The molecule has 0 saturated heterocycles. The summed E-state index contributed by atoms with van der Waals surface area (Å²) in [6.07, 6.45) is 7.79. The summed E-state index contributed by atoms with van der Waals surface area (Å²) in [7, 11) is -1.84. The van der Waals surface area contributed by atoms with Crippen molar-refractivity contribution in [3.8, 4) is 5.75 Å². The topological polar surface area (TPSA) is 119 Å². The molecule has 1 aliphatic heterocycles. The summed E-state index contributed by atoms with van der Waals surface area (Å²) in [5, 5.41) is 15.3. The molecule has 0 amide bonds. The maximum Gasteiger partial charge on any atom is 0.335 e. The van der Waals surface area contributed by atoms with E-state index in [0.717, 1.165) is 50.8 Å². The number of halogens is 1. The van der Waals surface area contributed by atoms with Crippen molar-refractivity contribution < 1.29 is 27.8 Å². The van der Waals surface area contributed by atoms with Crippen molar-refractivity contribution in [3.05, 3.63) is 69.8 Å². The molecule has 0 unspecified atom stereocenters. The van der Waals surface area contributed by atoms with Crippen molar-refractivity contribution >= 4 is 33.3 Å². The quantitative estimate of drug-likeness (QED) is 0.323. The van der Waals surface area contributed by atoms with Gasteiger partial charge < -0.3 is 19.5 Å². The van der Waals surface area contributed by atoms with Gasteiger partial charge in [0.25, 0.3) is 0 Å². The zero-order chi connectivity index (χ0) is 30.9. The normalized spacial score (nSPS) is 24.4. The predicted octanol–water partition coefficient (Wildman–Crippen LogP) is 6.06. The van der Waals surface area contributed by atoms with Gasteiger partial charge in [-0.25, -0.2) is 18.4 Å². The van der Waals surface area contributed by atoms with Crippen molar-refractivity contribution in [1.82, 2.24) is 0 Å². The molecule has 5 rings (SSSR count). The largest absolute Gasteiger partial charge is 0.491 e. The van der Waals surface area contributed by atoms with Gasteiger partial charge in [0.05, 0.1) is 29.2 Å². The number of nitrogens with two attached hydrogens (primary N) is 1. The van der Waals surface area contributed by atoms with E-state index in [2.05, 4.69) is 17.0 Å². The lowest BCUT2D eigenvalue weighted by atomic mass is 9.64. The highest BCUT2D eigenvalue weighted by Gasteiger charge is 2.43. The number of ether oxygens (including phenoxy) is 2. The SMILES string of the molecule is CO[C@@H](C1=C[C@H]([C@H](C)[C@@H](C)S(N)(=O)=O)C1)[C@@H]1CC[C@H]1CN1Cc2ccc(Cl)cc2CCCCOc2ccc(C(=O)O)cc21. The molecule has 10 heteroatoms. The van der Waals surface area contributed by atoms with Crippen molar-refractivity contribution in [2.75, 3.05) is 25.2 Å². The second-order valence-electron chi connectivity index (χ2n) is 12.5. The highest BCUT2D eigenvalue weighted by molar-refractivity contribution is 7.89. The summed E-state index contributed by atoms with van der Waals surface area (Å²) in [6, 6.07) is 11.2. The molecule has 43 heavy (non-hydrogen) atoms. The van der Waals surface area contributed by atoms with Gasteiger partial charge in [-0.1, -0.05) is 30.7 Å². The number of rotatable bonds is 9. The Morgan fingerprint density at radius 2 is 1.93 bits per heavy atom. The fraction of sp³-hybridized carbons (Fsp3) is 0.545. The van der Waals surface area contributed by atoms with E-state index in [1.165, 1.54) is 16.7 Å². The molecule has 0 aromatic heterocycles. The van der Waals surface area contributed by atoms with Gasteiger partial charge in [-0.2, -0.15) is 0 Å². The average molecular weight is 631 g/mol. The van der Waals surface area contributed by atoms with E-state index in [1.807, 2.05) is 19.1 Å². The molecule has 3 aliphatic rings. The van der Waals surface area contributed by atoms with Gasteiger partial charge in [0, 0.05) is 25.2 Å². The number of carboxylic acid groups (broad SMARTS) is 1. The molecule has 1 heterocycles. The number of hydrogen-bond acceptors (Lipinski definition) is 6. The van der Waals surface area contributed by atoms with E-state index in [9.17, 15) is 18.3 Å². The molecule has 0 radical (unpaired) electrons. The second-order valence-corrected chi connectivity index (χ2v) is 14.9. The first-order valence-corrected chi connectivity index (χ1v) is 17.2. The summed E-state index contributed by atoms with van der Waals surface area (Å²) < 4.78 is 36.1. The molecule has 8 nitrogen and oxygen atoms in total. The Labute approximate surface area is 260 Å². The zero-order valence-electron chi connectivity index (χ0n) is 25.2. The lowest BCUT2D eigenvalue weighted by Gasteiger charge is -2.47. The molecule has 0 bridgehead atoms. The van der Waals surface area contributed by atoms with Crippen LogP contribution >= 0.6 is 11.6 Å². The predicted molar refractivity (Wildman–Crippen MR) is 169 cm³/mol. The number of methoxy groups -OCH3 is 1. The van der Waals surface area contributed by atoms with E-state index in [-0.39, 0.29) is 23.5 Å². The number of aryl methyl sites for hydroxylation is 1. The first-order chi connectivity index (χ1) is 20.5. The Kier molecular flexibility index (Phi) is 9.76. The van der Waals surface area contributed by atoms with E-state index in [1.54, 1.807) is 32.2 Å². The van der Waals surface area contributed by atoms with Crippen molar-refractivity contribution in [2.24, 2.45) is 28.8 Å². The molecule has 234 valence electrons. The molecule has 0 spiro atoms. The highest BCUT2D eigenvalue weighted by Crippen LogP contribution is 2.47. The van der Waals surface area contributed by atoms with Gasteiger partial charge in [-0.05, 0) is 116 Å². The summed E-state index contributed by atoms with van der Waals surface area (Å²) in [4.78, 5) is 14.3. The van der Waals surface area contributed by atoms with Crippen LogP contribution in [0, 0.1) is 23.7 Å². The number of fused-ring (bicyclic) bond motifs is 2. The maximum atomic E-state index is 12.0. The molecule has 6 atom stereocenters. The average Bonchev–Trinajstić information content (AvgIpc) is 2.95. The van der Waals surface area contributed by atoms with Crippen LogP contribution in [0.25, 0.3) is 0 Å². The Balaban J connectivity index is 1.41. The fourth-order valence-electron chi connectivity index (χ4n) is 6.87. The van der Waals surface area contributed by atoms with Crippen LogP contribution in [0.2, 0.25) is 5.02 Å². The first-order valence-electron chi connectivity index (χ1n) is 15.2. The number of aromatic carboxylic acids is 1. The number of carboxylic acids is 1. The lowest BCUT2D eigenvalue weighted by molar-refractivity contribution is -0.000326. The van der Waals surface area contributed by atoms with Gasteiger partial charge in [0.15, 0.2) is 0 Å². The van der Waals surface area contributed by atoms with Crippen LogP contribution in [0.4, 0.5) is 5.69 Å². The Hall–Kier alpha value is -2.59. The lowest BCUT2D eigenvalue weighted by Crippen LogP contribution is -2.46. The van der Waals surface area contributed by atoms with Crippen LogP contribution in [-0.2, 0) is 27.7 Å². The Morgan fingerprint density at radius 3 is 2.58 bits per heavy atom. The minimum absolute atomic E-state index is 0.0388. The summed E-state index contributed by atoms with van der Waals surface area (Å²) in [5.74, 6) is 0.449. The first kappa shape index (κ1) is 31.8. The standard InChI is InChI=1S/C33H43ClN2O6S/c1-20(21(2)43(35,39)40)26-14-27(15-26)32(41-3)29-11-8-25(29)19-36-18-24-7-10-28(34)16-22(24)6-4-5-13-42-31-12-9-23(33(37)38)17-30(31)36/h7,9-10,12,14,16-17,20-21,25-26,29,32H,4-6,8,11,13,15,18-19H2,1-3H3,(H,37,38)(H2,35,39,40)/t20-,21-,25+,26+,29-,32+/m1/s1. The molecular formula is C33H43ClN2O6S. The Morgan fingerprint density at radius 1 is 1.16 bits per heavy atom.